The molecule has 0 amide bonds. The largest absolute Gasteiger partial charge is 0.501 e. The molecule has 0 saturated heterocycles. The second kappa shape index (κ2) is 23.0. The first-order chi connectivity index (χ1) is 40.1. The third kappa shape index (κ3) is 10.3. The smallest absolute Gasteiger partial charge is 0.121 e. The molecule has 13 aromatic rings. The maximum absolute atomic E-state index is 8.48. The molecule has 0 N–H and O–H groups in total. The Morgan fingerprint density at radius 1 is 0.444 bits per heavy atom. The normalized spacial score (nSPS) is 12.3. The Morgan fingerprint density at radius 2 is 0.889 bits per heavy atom. The van der Waals surface area contributed by atoms with E-state index in [1.165, 1.54) is 50.2 Å². The fourth-order valence-electron chi connectivity index (χ4n) is 11.4. The van der Waals surface area contributed by atoms with Gasteiger partial charge in [0.1, 0.15) is 5.58 Å². The zero-order valence-corrected chi connectivity index (χ0v) is 49.4. The van der Waals surface area contributed by atoms with Crippen molar-refractivity contribution in [3.8, 4) is 67.5 Å². The van der Waals surface area contributed by atoms with Crippen LogP contribution in [-0.4, -0.2) is 19.1 Å². The summed E-state index contributed by atoms with van der Waals surface area (Å²) >= 11 is 0. The molecule has 10 aromatic carbocycles. The van der Waals surface area contributed by atoms with E-state index in [1.54, 1.807) is 6.07 Å². The fourth-order valence-corrected chi connectivity index (χ4v) is 11.4. The quantitative estimate of drug-likeness (QED) is 0.121. The first-order valence-corrected chi connectivity index (χ1v) is 28.0. The van der Waals surface area contributed by atoms with Gasteiger partial charge in [-0.3, -0.25) is 9.97 Å². The number of nitrogens with zero attached hydrogens (tertiary/aromatic N) is 4. The molecular weight excluding hydrogens is 1170 g/mol. The van der Waals surface area contributed by atoms with Gasteiger partial charge in [-0.15, -0.1) is 53.6 Å². The number of hydrogen-bond acceptors (Lipinski definition) is 3. The Hall–Kier alpha value is -8.41. The summed E-state index contributed by atoms with van der Waals surface area (Å²) in [6.45, 7) is 15.7. The van der Waals surface area contributed by atoms with Crippen LogP contribution < -0.4 is 0 Å². The molecule has 3 aromatic heterocycles. The van der Waals surface area contributed by atoms with Crippen LogP contribution in [-0.2, 0) is 20.1 Å². The van der Waals surface area contributed by atoms with Crippen LogP contribution in [0.3, 0.4) is 0 Å². The van der Waals surface area contributed by atoms with Gasteiger partial charge in [-0.05, 0) is 134 Å². The summed E-state index contributed by atoms with van der Waals surface area (Å²) in [5.41, 5.74) is 21.2. The topological polar surface area (TPSA) is 48.8 Å². The molecule has 3 heterocycles. The summed E-state index contributed by atoms with van der Waals surface area (Å²) in [6, 6.07) is 79.8. The van der Waals surface area contributed by atoms with Gasteiger partial charge in [-0.1, -0.05) is 201 Å². The molecule has 403 valence electrons. The molecule has 0 aliphatic rings. The van der Waals surface area contributed by atoms with E-state index in [4.69, 9.17) is 18.5 Å². The molecule has 0 spiro atoms. The molecule has 13 rings (SSSR count). The van der Waals surface area contributed by atoms with Crippen LogP contribution in [0.15, 0.2) is 217 Å². The second-order valence-electron chi connectivity index (χ2n) is 22.1. The molecule has 0 aliphatic carbocycles. The minimum absolute atomic E-state index is 0. The van der Waals surface area contributed by atoms with Gasteiger partial charge < -0.3 is 13.6 Å². The van der Waals surface area contributed by atoms with Crippen molar-refractivity contribution in [2.24, 2.45) is 0 Å². The van der Waals surface area contributed by atoms with E-state index in [9.17, 15) is 0 Å². The van der Waals surface area contributed by atoms with E-state index in [1.807, 2.05) is 72.8 Å². The van der Waals surface area contributed by atoms with Gasteiger partial charge in [0.05, 0.1) is 39.3 Å². The van der Waals surface area contributed by atoms with Crippen LogP contribution >= 0.6 is 0 Å². The Labute approximate surface area is 494 Å². The molecule has 0 bridgehead atoms. The summed E-state index contributed by atoms with van der Waals surface area (Å²) in [6.07, 6.45) is 0. The average Bonchev–Trinajstić information content (AvgIpc) is 2.28. The number of hydrogen-bond donors (Lipinski definition) is 0. The molecule has 81 heavy (non-hydrogen) atoms. The number of imidazole rings is 2. The number of para-hydroxylation sites is 4. The fraction of sp³-hybridized carbons (Fsp3) is 0.173. The minimum atomic E-state index is -2.37. The molecular formula is C75H66IrN4O-2. The number of benzene rings is 10. The average molecular weight is 1230 g/mol. The van der Waals surface area contributed by atoms with Crippen LogP contribution in [0.1, 0.15) is 111 Å². The van der Waals surface area contributed by atoms with Crippen molar-refractivity contribution in [2.45, 2.75) is 85.9 Å². The SMILES string of the molecule is CC(C)c1cc(-c2ccccc2)cc(C(C)C)c1-n1c(-c2[c-]cccc2)nc2ccccc21.[2H]C([2H])([2H])c1c[c-]c(-c2nc3ccccc3n2-c2c(C(C)C)cc(-c3ccccc3)cc2C(C)C)c2oc3cc(-c4ccccc4)ccc3c12.[Ir]. The van der Waals surface area contributed by atoms with Gasteiger partial charge >= 0.3 is 0 Å². The van der Waals surface area contributed by atoms with Gasteiger partial charge in [0.2, 0.25) is 0 Å². The van der Waals surface area contributed by atoms with E-state index in [0.29, 0.717) is 39.8 Å². The summed E-state index contributed by atoms with van der Waals surface area (Å²) in [5, 5.41) is 1.32. The predicted molar refractivity (Wildman–Crippen MR) is 335 cm³/mol. The zero-order chi connectivity index (χ0) is 57.7. The van der Waals surface area contributed by atoms with Gasteiger partial charge in [0.25, 0.3) is 0 Å². The molecule has 1 radical (unpaired) electrons. The van der Waals surface area contributed by atoms with Gasteiger partial charge in [0, 0.05) is 41.0 Å². The van der Waals surface area contributed by atoms with Crippen molar-refractivity contribution in [2.75, 3.05) is 0 Å². The first-order valence-electron chi connectivity index (χ1n) is 29.5. The van der Waals surface area contributed by atoms with Crippen molar-refractivity contribution < 1.29 is 28.6 Å². The molecule has 0 atom stereocenters. The van der Waals surface area contributed by atoms with Crippen LogP contribution in [0.25, 0.3) is 112 Å². The zero-order valence-electron chi connectivity index (χ0n) is 50.0. The Balaban J connectivity index is 0.000000188. The van der Waals surface area contributed by atoms with Crippen molar-refractivity contribution in [3.63, 3.8) is 0 Å². The van der Waals surface area contributed by atoms with E-state index in [-0.39, 0.29) is 37.5 Å². The maximum atomic E-state index is 8.48. The first kappa shape index (κ1) is 50.8. The van der Waals surface area contributed by atoms with Crippen molar-refractivity contribution in [1.29, 1.82) is 0 Å². The van der Waals surface area contributed by atoms with Crippen LogP contribution in [0.4, 0.5) is 0 Å². The van der Waals surface area contributed by atoms with Crippen molar-refractivity contribution >= 4 is 44.0 Å². The Bertz CT molecular complexity index is 4420. The number of rotatable bonds is 11. The summed E-state index contributed by atoms with van der Waals surface area (Å²) in [7, 11) is 0. The standard InChI is InChI=1S/C44H37N2O.C31H29N2.Ir/c1-27(2)36-24-33(31-16-10-7-11-17-31)25-37(28(3)4)42(36)46-39-19-13-12-18-38(39)45-44(46)35-22-20-29(5)41-34-23-21-32(26-40(34)47-43(35)41)30-14-8-6-9-15-30;1-21(2)26-19-25(23-13-7-5-8-14-23)20-27(22(3)4)30(26)33-29-18-12-11-17-28(29)32-31(33)24-15-9-6-10-16-24;/h6-21,23-28H,1-5H3;5-15,17-22H,1-4H3;/q2*-1;/i5D3;;. The van der Waals surface area contributed by atoms with Gasteiger partial charge in [-0.2, -0.15) is 0 Å². The van der Waals surface area contributed by atoms with E-state index in [2.05, 4.69) is 210 Å². The number of aromatic nitrogens is 4. The second-order valence-corrected chi connectivity index (χ2v) is 22.1. The van der Waals surface area contributed by atoms with Crippen molar-refractivity contribution in [3.05, 3.63) is 252 Å². The number of aryl methyl sites for hydroxylation is 1. The van der Waals surface area contributed by atoms with Crippen LogP contribution in [0, 0.1) is 19.0 Å². The van der Waals surface area contributed by atoms with Crippen LogP contribution in [0.5, 0.6) is 0 Å². The minimum Gasteiger partial charge on any atom is -0.501 e. The molecule has 0 unspecified atom stereocenters. The third-order valence-corrected chi connectivity index (χ3v) is 15.4. The maximum Gasteiger partial charge on any atom is 0.121 e. The monoisotopic (exact) mass is 1230 g/mol. The number of furan rings is 1. The Morgan fingerprint density at radius 3 is 1.36 bits per heavy atom. The number of fused-ring (bicyclic) bond motifs is 5. The van der Waals surface area contributed by atoms with E-state index >= 15 is 0 Å². The van der Waals surface area contributed by atoms with Crippen LogP contribution in [0.2, 0.25) is 0 Å². The molecule has 6 heteroatoms. The predicted octanol–water partition coefficient (Wildman–Crippen LogP) is 20.7. The molecule has 5 nitrogen and oxygen atoms in total. The third-order valence-electron chi connectivity index (χ3n) is 15.4. The molecule has 0 saturated carbocycles. The molecule has 0 aliphatic heterocycles. The van der Waals surface area contributed by atoms with Crippen molar-refractivity contribution in [1.82, 2.24) is 19.1 Å². The summed E-state index contributed by atoms with van der Waals surface area (Å²) in [5.74, 6) is 2.71. The van der Waals surface area contributed by atoms with Gasteiger partial charge in [0.15, 0.2) is 0 Å². The Kier molecular flexibility index (Phi) is 14.4. The molecule has 0 fully saturated rings. The summed E-state index contributed by atoms with van der Waals surface area (Å²) < 4.78 is 36.8. The van der Waals surface area contributed by atoms with E-state index < -0.39 is 6.85 Å². The summed E-state index contributed by atoms with van der Waals surface area (Å²) in [4.78, 5) is 10.3. The van der Waals surface area contributed by atoms with Gasteiger partial charge in [-0.25, -0.2) is 0 Å². The van der Waals surface area contributed by atoms with E-state index in [0.717, 1.165) is 55.7 Å².